The van der Waals surface area contributed by atoms with E-state index >= 15 is 0 Å². The van der Waals surface area contributed by atoms with Gasteiger partial charge in [-0.3, -0.25) is 0 Å². The first kappa shape index (κ1) is 17.4. The SMILES string of the molecule is Clc1ccc2c(c1)OCc1cc3c(cc1-2)CCc1nc(C2C[C@@H]4CCC[C@@H]4N2)[nH]c1-3. The molecule has 3 aromatic rings. The first-order valence-electron chi connectivity index (χ1n) is 11.2. The van der Waals surface area contributed by atoms with Crippen LogP contribution in [-0.2, 0) is 19.4 Å². The Bertz CT molecular complexity index is 1170. The van der Waals surface area contributed by atoms with E-state index in [4.69, 9.17) is 21.3 Å². The first-order valence-corrected chi connectivity index (χ1v) is 11.5. The minimum absolute atomic E-state index is 0.381. The highest BCUT2D eigenvalue weighted by Crippen LogP contribution is 2.45. The molecule has 0 radical (unpaired) electrons. The number of aryl methyl sites for hydroxylation is 2. The van der Waals surface area contributed by atoms with Crippen molar-refractivity contribution in [1.29, 1.82) is 0 Å². The van der Waals surface area contributed by atoms with Crippen LogP contribution in [0, 0.1) is 5.92 Å². The molecule has 3 heterocycles. The van der Waals surface area contributed by atoms with E-state index in [1.165, 1.54) is 59.3 Å². The molecule has 2 aromatic carbocycles. The molecule has 2 aliphatic carbocycles. The van der Waals surface area contributed by atoms with Crippen molar-refractivity contribution in [3.63, 3.8) is 0 Å². The predicted octanol–water partition coefficient (Wildman–Crippen LogP) is 5.59. The van der Waals surface area contributed by atoms with Gasteiger partial charge in [-0.2, -0.15) is 0 Å². The Balaban J connectivity index is 1.28. The molecule has 152 valence electrons. The molecule has 4 nitrogen and oxygen atoms in total. The number of nitrogens with zero attached hydrogens (tertiary/aromatic N) is 1. The maximum absolute atomic E-state index is 6.17. The summed E-state index contributed by atoms with van der Waals surface area (Å²) in [5.74, 6) is 2.85. The van der Waals surface area contributed by atoms with E-state index < -0.39 is 0 Å². The summed E-state index contributed by atoms with van der Waals surface area (Å²) in [4.78, 5) is 8.78. The average molecular weight is 418 g/mol. The van der Waals surface area contributed by atoms with E-state index in [0.717, 1.165) is 40.9 Å². The number of halogens is 1. The van der Waals surface area contributed by atoms with Gasteiger partial charge in [-0.15, -0.1) is 0 Å². The highest BCUT2D eigenvalue weighted by molar-refractivity contribution is 6.30. The summed E-state index contributed by atoms with van der Waals surface area (Å²) in [5.41, 5.74) is 8.79. The third-order valence-electron chi connectivity index (χ3n) is 7.59. The second-order valence-corrected chi connectivity index (χ2v) is 9.73. The highest BCUT2D eigenvalue weighted by Gasteiger charge is 2.39. The van der Waals surface area contributed by atoms with Crippen LogP contribution in [0.4, 0.5) is 0 Å². The first-order chi connectivity index (χ1) is 14.7. The molecule has 1 saturated heterocycles. The van der Waals surface area contributed by atoms with Crippen molar-refractivity contribution in [2.75, 3.05) is 0 Å². The van der Waals surface area contributed by atoms with Crippen molar-refractivity contribution in [1.82, 2.24) is 15.3 Å². The molecular weight excluding hydrogens is 394 g/mol. The van der Waals surface area contributed by atoms with E-state index in [9.17, 15) is 0 Å². The number of imidazole rings is 1. The van der Waals surface area contributed by atoms with Gasteiger partial charge in [-0.05, 0) is 85.0 Å². The number of aromatic nitrogens is 2. The van der Waals surface area contributed by atoms with Gasteiger partial charge in [0.25, 0.3) is 0 Å². The Kier molecular flexibility index (Phi) is 3.68. The number of rotatable bonds is 1. The summed E-state index contributed by atoms with van der Waals surface area (Å²) in [5, 5.41) is 4.56. The molecular formula is C25H24ClN3O. The van der Waals surface area contributed by atoms with Crippen LogP contribution in [0.2, 0.25) is 5.02 Å². The average Bonchev–Trinajstić information content (AvgIpc) is 3.46. The molecule has 0 bridgehead atoms. The maximum atomic E-state index is 6.17. The molecule has 7 rings (SSSR count). The summed E-state index contributed by atoms with van der Waals surface area (Å²) in [7, 11) is 0. The minimum atomic E-state index is 0.381. The Labute approximate surface area is 181 Å². The molecule has 2 N–H and O–H groups in total. The van der Waals surface area contributed by atoms with Crippen molar-refractivity contribution in [2.45, 2.75) is 57.2 Å². The quantitative estimate of drug-likeness (QED) is 0.542. The van der Waals surface area contributed by atoms with Gasteiger partial charge in [0.05, 0.1) is 17.4 Å². The lowest BCUT2D eigenvalue weighted by Gasteiger charge is -2.25. The van der Waals surface area contributed by atoms with Crippen LogP contribution >= 0.6 is 11.6 Å². The molecule has 2 fully saturated rings. The lowest BCUT2D eigenvalue weighted by molar-refractivity contribution is 0.302. The fourth-order valence-electron chi connectivity index (χ4n) is 6.10. The third-order valence-corrected chi connectivity index (χ3v) is 7.82. The van der Waals surface area contributed by atoms with Crippen LogP contribution in [0.5, 0.6) is 5.75 Å². The number of fused-ring (bicyclic) bond motifs is 7. The standard InChI is InChI=1S/C25H24ClN3O/c26-16-5-6-17-18-8-13-4-7-21-24(19(13)9-15(18)12-30-23(17)11-16)29-25(28-21)22-10-14-2-1-3-20(14)27-22/h5-6,8-9,11,14,20,22,27H,1-4,7,10,12H2,(H,28,29)/t14-,20-,22?/m0/s1. The minimum Gasteiger partial charge on any atom is -0.488 e. The zero-order chi connectivity index (χ0) is 19.8. The molecule has 30 heavy (non-hydrogen) atoms. The van der Waals surface area contributed by atoms with Gasteiger partial charge in [0.1, 0.15) is 18.2 Å². The normalized spacial score (nSPS) is 25.7. The lowest BCUT2D eigenvalue weighted by atomic mass is 9.86. The fraction of sp³-hybridized carbons (Fsp3) is 0.400. The fourth-order valence-corrected chi connectivity index (χ4v) is 6.26. The number of hydrogen-bond acceptors (Lipinski definition) is 3. The molecule has 4 aliphatic rings. The van der Waals surface area contributed by atoms with Gasteiger partial charge in [-0.1, -0.05) is 18.0 Å². The molecule has 0 amide bonds. The second-order valence-electron chi connectivity index (χ2n) is 9.29. The Morgan fingerprint density at radius 1 is 1.00 bits per heavy atom. The molecule has 3 atom stereocenters. The van der Waals surface area contributed by atoms with Crippen LogP contribution in [0.1, 0.15) is 54.4 Å². The van der Waals surface area contributed by atoms with Gasteiger partial charge in [-0.25, -0.2) is 4.98 Å². The Morgan fingerprint density at radius 2 is 1.93 bits per heavy atom. The molecule has 5 heteroatoms. The highest BCUT2D eigenvalue weighted by atomic mass is 35.5. The van der Waals surface area contributed by atoms with E-state index in [2.05, 4.69) is 28.5 Å². The maximum Gasteiger partial charge on any atom is 0.129 e. The number of nitrogens with one attached hydrogen (secondary N) is 2. The van der Waals surface area contributed by atoms with Crippen molar-refractivity contribution in [3.05, 3.63) is 58.0 Å². The zero-order valence-electron chi connectivity index (χ0n) is 16.8. The van der Waals surface area contributed by atoms with Crippen LogP contribution in [-0.4, -0.2) is 16.0 Å². The van der Waals surface area contributed by atoms with Crippen molar-refractivity contribution in [2.24, 2.45) is 5.92 Å². The van der Waals surface area contributed by atoms with E-state index in [1.807, 2.05) is 12.1 Å². The second kappa shape index (κ2) is 6.35. The molecule has 1 unspecified atom stereocenters. The van der Waals surface area contributed by atoms with Gasteiger partial charge >= 0.3 is 0 Å². The molecule has 2 aliphatic heterocycles. The smallest absolute Gasteiger partial charge is 0.129 e. The van der Waals surface area contributed by atoms with Gasteiger partial charge < -0.3 is 15.0 Å². The van der Waals surface area contributed by atoms with Gasteiger partial charge in [0, 0.05) is 22.2 Å². The summed E-state index contributed by atoms with van der Waals surface area (Å²) in [6, 6.07) is 11.7. The number of hydrogen-bond donors (Lipinski definition) is 2. The van der Waals surface area contributed by atoms with Crippen LogP contribution in [0.25, 0.3) is 22.4 Å². The van der Waals surface area contributed by atoms with Crippen molar-refractivity contribution >= 4 is 11.6 Å². The van der Waals surface area contributed by atoms with Crippen LogP contribution < -0.4 is 10.1 Å². The lowest BCUT2D eigenvalue weighted by Crippen LogP contribution is -2.24. The van der Waals surface area contributed by atoms with Crippen LogP contribution in [0.15, 0.2) is 30.3 Å². The number of H-pyrrole nitrogens is 1. The van der Waals surface area contributed by atoms with E-state index in [-0.39, 0.29) is 0 Å². The largest absolute Gasteiger partial charge is 0.488 e. The van der Waals surface area contributed by atoms with Gasteiger partial charge in [0.2, 0.25) is 0 Å². The Morgan fingerprint density at radius 3 is 2.87 bits per heavy atom. The summed E-state index contributed by atoms with van der Waals surface area (Å²) >= 11 is 6.17. The van der Waals surface area contributed by atoms with E-state index in [0.29, 0.717) is 18.7 Å². The summed E-state index contributed by atoms with van der Waals surface area (Å²) in [6.45, 7) is 0.583. The van der Waals surface area contributed by atoms with Crippen molar-refractivity contribution < 1.29 is 4.74 Å². The van der Waals surface area contributed by atoms with Gasteiger partial charge in [0.15, 0.2) is 0 Å². The third kappa shape index (κ3) is 2.53. The van der Waals surface area contributed by atoms with Crippen LogP contribution in [0.3, 0.4) is 0 Å². The topological polar surface area (TPSA) is 49.9 Å². The Hall–Kier alpha value is -2.30. The molecule has 1 saturated carbocycles. The summed E-state index contributed by atoms with van der Waals surface area (Å²) in [6.07, 6.45) is 7.33. The summed E-state index contributed by atoms with van der Waals surface area (Å²) < 4.78 is 6.02. The number of ether oxygens (including phenoxy) is 1. The van der Waals surface area contributed by atoms with E-state index in [1.54, 1.807) is 0 Å². The van der Waals surface area contributed by atoms with Crippen molar-refractivity contribution in [3.8, 4) is 28.1 Å². The monoisotopic (exact) mass is 417 g/mol. The number of benzene rings is 2. The molecule has 1 aromatic heterocycles. The number of aromatic amines is 1. The molecule has 0 spiro atoms. The predicted molar refractivity (Wildman–Crippen MR) is 118 cm³/mol. The zero-order valence-corrected chi connectivity index (χ0v) is 17.6.